The minimum Gasteiger partial charge on any atom is -0.387 e. The van der Waals surface area contributed by atoms with Crippen molar-refractivity contribution in [3.05, 3.63) is 35.1 Å². The van der Waals surface area contributed by atoms with Crippen molar-refractivity contribution in [1.29, 1.82) is 5.26 Å². The van der Waals surface area contributed by atoms with Gasteiger partial charge >= 0.3 is 0 Å². The molecule has 1 aromatic carbocycles. The summed E-state index contributed by atoms with van der Waals surface area (Å²) in [7, 11) is 0. The predicted molar refractivity (Wildman–Crippen MR) is 67.0 cm³/mol. The fourth-order valence-corrected chi connectivity index (χ4v) is 2.85. The number of hydrogen-bond donors (Lipinski definition) is 1. The van der Waals surface area contributed by atoms with Crippen LogP contribution in [0.1, 0.15) is 50.2 Å². The highest BCUT2D eigenvalue weighted by atomic mass is 19.2. The van der Waals surface area contributed by atoms with Crippen LogP contribution in [0.5, 0.6) is 0 Å². The summed E-state index contributed by atoms with van der Waals surface area (Å²) in [5.41, 5.74) is -1.46. The lowest BCUT2D eigenvalue weighted by Gasteiger charge is -2.31. The quantitative estimate of drug-likeness (QED) is 0.658. The molecule has 0 aliphatic heterocycles. The maximum absolute atomic E-state index is 13.8. The van der Waals surface area contributed by atoms with Crippen LogP contribution in [0.15, 0.2) is 12.1 Å². The number of benzene rings is 1. The fraction of sp³-hybridized carbons (Fsp3) is 0.533. The highest BCUT2D eigenvalue weighted by Gasteiger charge is 2.40. The molecule has 0 spiro atoms. The Kier molecular flexibility index (Phi) is 4.34. The van der Waals surface area contributed by atoms with Gasteiger partial charge in [-0.25, -0.2) is 13.2 Å². The number of aliphatic hydroxyl groups excluding tert-OH is 1. The second-order valence-corrected chi connectivity index (χ2v) is 5.37. The first kappa shape index (κ1) is 14.9. The second kappa shape index (κ2) is 5.84. The van der Waals surface area contributed by atoms with Gasteiger partial charge in [-0.2, -0.15) is 5.26 Å². The Bertz CT molecular complexity index is 531. The van der Waals surface area contributed by atoms with Crippen LogP contribution >= 0.6 is 0 Å². The van der Waals surface area contributed by atoms with Crippen molar-refractivity contribution in [3.8, 4) is 6.07 Å². The fourth-order valence-electron chi connectivity index (χ4n) is 2.85. The van der Waals surface area contributed by atoms with Crippen molar-refractivity contribution in [2.24, 2.45) is 5.41 Å². The largest absolute Gasteiger partial charge is 0.387 e. The first-order chi connectivity index (χ1) is 9.50. The third-order valence-electron chi connectivity index (χ3n) is 4.08. The van der Waals surface area contributed by atoms with Gasteiger partial charge in [0.1, 0.15) is 11.9 Å². The zero-order valence-electron chi connectivity index (χ0n) is 11.0. The van der Waals surface area contributed by atoms with E-state index in [0.29, 0.717) is 25.0 Å². The molecule has 2 nitrogen and oxygen atoms in total. The number of nitrogens with zero attached hydrogens (tertiary/aromatic N) is 1. The van der Waals surface area contributed by atoms with Gasteiger partial charge in [-0.3, -0.25) is 0 Å². The Morgan fingerprint density at radius 3 is 2.10 bits per heavy atom. The van der Waals surface area contributed by atoms with Gasteiger partial charge in [-0.05, 0) is 18.9 Å². The summed E-state index contributed by atoms with van der Waals surface area (Å²) < 4.78 is 40.0. The van der Waals surface area contributed by atoms with Crippen LogP contribution in [0.3, 0.4) is 0 Å². The number of halogens is 3. The average Bonchev–Trinajstić information content (AvgIpc) is 2.68. The molecule has 1 fully saturated rings. The Morgan fingerprint density at radius 1 is 1.00 bits per heavy atom. The molecule has 0 heterocycles. The molecule has 1 saturated carbocycles. The summed E-state index contributed by atoms with van der Waals surface area (Å²) in [6.45, 7) is 0. The van der Waals surface area contributed by atoms with Crippen molar-refractivity contribution in [3.63, 3.8) is 0 Å². The Balaban J connectivity index is 2.40. The Morgan fingerprint density at radius 2 is 1.55 bits per heavy atom. The molecule has 0 aromatic heterocycles. The summed E-state index contributed by atoms with van der Waals surface area (Å²) in [5.74, 6) is -3.54. The van der Waals surface area contributed by atoms with Gasteiger partial charge in [-0.15, -0.1) is 0 Å². The molecule has 2 rings (SSSR count). The maximum Gasteiger partial charge on any atom is 0.161 e. The van der Waals surface area contributed by atoms with Crippen molar-refractivity contribution >= 4 is 0 Å². The number of rotatable bonds is 2. The Labute approximate surface area is 115 Å². The SMILES string of the molecule is N#CC1(C(O)c2cc(F)c(F)cc2F)CCCCCC1. The molecule has 0 saturated heterocycles. The lowest BCUT2D eigenvalue weighted by Crippen LogP contribution is -2.28. The van der Waals surface area contributed by atoms with Gasteiger partial charge in [0.25, 0.3) is 0 Å². The molecule has 1 aromatic rings. The molecule has 1 N–H and O–H groups in total. The molecule has 5 heteroatoms. The van der Waals surface area contributed by atoms with Gasteiger partial charge < -0.3 is 5.11 Å². The van der Waals surface area contributed by atoms with Crippen LogP contribution in [0, 0.1) is 34.2 Å². The zero-order chi connectivity index (χ0) is 14.8. The maximum atomic E-state index is 13.8. The number of hydrogen-bond acceptors (Lipinski definition) is 2. The lowest BCUT2D eigenvalue weighted by molar-refractivity contribution is 0.0483. The third-order valence-corrected chi connectivity index (χ3v) is 4.08. The third kappa shape index (κ3) is 2.66. The van der Waals surface area contributed by atoms with Crippen LogP contribution in [0.2, 0.25) is 0 Å². The van der Waals surface area contributed by atoms with E-state index >= 15 is 0 Å². The number of aliphatic hydroxyl groups is 1. The molecule has 20 heavy (non-hydrogen) atoms. The van der Waals surface area contributed by atoms with Crippen molar-refractivity contribution in [1.82, 2.24) is 0 Å². The van der Waals surface area contributed by atoms with E-state index in [-0.39, 0.29) is 5.56 Å². The molecular formula is C15H16F3NO. The first-order valence-corrected chi connectivity index (χ1v) is 6.74. The minimum atomic E-state index is -1.44. The summed E-state index contributed by atoms with van der Waals surface area (Å²) in [5, 5.41) is 19.8. The molecule has 0 radical (unpaired) electrons. The molecule has 1 aliphatic carbocycles. The van der Waals surface area contributed by atoms with Crippen LogP contribution in [-0.4, -0.2) is 5.11 Å². The number of nitriles is 1. The van der Waals surface area contributed by atoms with Gasteiger partial charge in [0.15, 0.2) is 11.6 Å². The summed E-state index contributed by atoms with van der Waals surface area (Å²) >= 11 is 0. The van der Waals surface area contributed by atoms with Crippen LogP contribution in [-0.2, 0) is 0 Å². The highest BCUT2D eigenvalue weighted by Crippen LogP contribution is 2.45. The standard InChI is InChI=1S/C15H16F3NO/c16-11-8-13(18)12(17)7-10(11)14(20)15(9-19)5-3-1-2-4-6-15/h7-8,14,20H,1-6H2. The van der Waals surface area contributed by atoms with Crippen LogP contribution in [0.4, 0.5) is 13.2 Å². The van der Waals surface area contributed by atoms with Crippen molar-refractivity contribution < 1.29 is 18.3 Å². The van der Waals surface area contributed by atoms with E-state index in [0.717, 1.165) is 25.7 Å². The summed E-state index contributed by atoms with van der Waals surface area (Å²) in [6, 6.07) is 3.15. The molecule has 1 unspecified atom stereocenters. The van der Waals surface area contributed by atoms with Gasteiger partial charge in [0.05, 0.1) is 11.5 Å². The summed E-state index contributed by atoms with van der Waals surface area (Å²) in [6.07, 6.45) is 2.85. The minimum absolute atomic E-state index is 0.340. The zero-order valence-corrected chi connectivity index (χ0v) is 11.0. The lowest BCUT2D eigenvalue weighted by atomic mass is 9.74. The molecule has 1 atom stereocenters. The highest BCUT2D eigenvalue weighted by molar-refractivity contribution is 5.26. The van der Waals surface area contributed by atoms with Gasteiger partial charge in [0, 0.05) is 11.6 Å². The molecule has 0 bridgehead atoms. The van der Waals surface area contributed by atoms with Crippen molar-refractivity contribution in [2.75, 3.05) is 0 Å². The molecular weight excluding hydrogens is 267 g/mol. The smallest absolute Gasteiger partial charge is 0.161 e. The molecule has 108 valence electrons. The molecule has 0 amide bonds. The van der Waals surface area contributed by atoms with Crippen LogP contribution < -0.4 is 0 Å². The van der Waals surface area contributed by atoms with E-state index in [2.05, 4.69) is 6.07 Å². The van der Waals surface area contributed by atoms with E-state index in [9.17, 15) is 23.5 Å². The predicted octanol–water partition coefficient (Wildman–Crippen LogP) is 4.00. The van der Waals surface area contributed by atoms with Crippen LogP contribution in [0.25, 0.3) is 0 Å². The Hall–Kier alpha value is -1.54. The van der Waals surface area contributed by atoms with E-state index in [1.807, 2.05) is 0 Å². The van der Waals surface area contributed by atoms with Gasteiger partial charge in [-0.1, -0.05) is 25.7 Å². The normalized spacial score (nSPS) is 19.9. The summed E-state index contributed by atoms with van der Waals surface area (Å²) in [4.78, 5) is 0. The average molecular weight is 283 g/mol. The topological polar surface area (TPSA) is 44.0 Å². The van der Waals surface area contributed by atoms with E-state index in [1.54, 1.807) is 0 Å². The monoisotopic (exact) mass is 283 g/mol. The first-order valence-electron chi connectivity index (χ1n) is 6.74. The van der Waals surface area contributed by atoms with Gasteiger partial charge in [0.2, 0.25) is 0 Å². The van der Waals surface area contributed by atoms with E-state index < -0.39 is 29.0 Å². The molecule has 1 aliphatic rings. The van der Waals surface area contributed by atoms with E-state index in [1.165, 1.54) is 0 Å². The van der Waals surface area contributed by atoms with E-state index in [4.69, 9.17) is 0 Å². The second-order valence-electron chi connectivity index (χ2n) is 5.37. The van der Waals surface area contributed by atoms with Crippen molar-refractivity contribution in [2.45, 2.75) is 44.6 Å².